The van der Waals surface area contributed by atoms with Crippen molar-refractivity contribution in [1.82, 2.24) is 9.62 Å². The van der Waals surface area contributed by atoms with E-state index in [1.807, 2.05) is 0 Å². The van der Waals surface area contributed by atoms with Crippen LogP contribution in [0.3, 0.4) is 0 Å². The van der Waals surface area contributed by atoms with Crippen molar-refractivity contribution in [2.24, 2.45) is 5.92 Å². The number of sulfonamides is 1. The van der Waals surface area contributed by atoms with Crippen molar-refractivity contribution in [3.8, 4) is 0 Å². The number of carbonyl (C=O) groups excluding carboxylic acids is 1. The molecule has 25 heavy (non-hydrogen) atoms. The molecule has 1 atom stereocenters. The molecule has 1 amide bonds. The molecule has 0 saturated heterocycles. The average molecular weight is 368 g/mol. The number of amides is 1. The van der Waals surface area contributed by atoms with Gasteiger partial charge < -0.3 is 10.4 Å². The van der Waals surface area contributed by atoms with Crippen molar-refractivity contribution in [1.29, 1.82) is 0 Å². The summed E-state index contributed by atoms with van der Waals surface area (Å²) in [5, 5.41) is 11.7. The van der Waals surface area contributed by atoms with E-state index in [1.165, 1.54) is 35.6 Å². The Balaban J connectivity index is 2.19. The highest BCUT2D eigenvalue weighted by molar-refractivity contribution is 7.89. The van der Waals surface area contributed by atoms with Crippen molar-refractivity contribution >= 4 is 21.9 Å². The van der Waals surface area contributed by atoms with Gasteiger partial charge in [-0.1, -0.05) is 18.9 Å². The number of hydrogen-bond donors (Lipinski definition) is 2. The minimum Gasteiger partial charge on any atom is -0.480 e. The van der Waals surface area contributed by atoms with Crippen LogP contribution in [-0.2, 0) is 14.8 Å². The number of rotatable bonds is 8. The van der Waals surface area contributed by atoms with Gasteiger partial charge in [0.15, 0.2) is 0 Å². The van der Waals surface area contributed by atoms with Crippen LogP contribution in [0.5, 0.6) is 0 Å². The lowest BCUT2D eigenvalue weighted by Gasteiger charge is -2.21. The molecule has 1 aromatic rings. The molecule has 1 unspecified atom stereocenters. The zero-order chi connectivity index (χ0) is 18.8. The minimum absolute atomic E-state index is 0.00502. The Labute approximate surface area is 148 Å². The van der Waals surface area contributed by atoms with Crippen LogP contribution in [0, 0.1) is 5.92 Å². The number of hydrogen-bond acceptors (Lipinski definition) is 4. The maximum Gasteiger partial charge on any atom is 0.326 e. The third-order valence-electron chi connectivity index (χ3n) is 4.37. The summed E-state index contributed by atoms with van der Waals surface area (Å²) in [5.41, 5.74) is 0.125. The van der Waals surface area contributed by atoms with Crippen molar-refractivity contribution in [3.63, 3.8) is 0 Å². The fourth-order valence-electron chi connectivity index (χ4n) is 2.39. The predicted molar refractivity (Wildman–Crippen MR) is 92.8 cm³/mol. The SMILES string of the molecule is CC(C)N(C)S(=O)(=O)c1cccc(C(=O)NC(CC2CC2)C(=O)O)c1. The van der Waals surface area contributed by atoms with E-state index in [4.69, 9.17) is 0 Å². The number of benzene rings is 1. The summed E-state index contributed by atoms with van der Waals surface area (Å²) in [4.78, 5) is 23.7. The van der Waals surface area contributed by atoms with Gasteiger partial charge in [0.2, 0.25) is 10.0 Å². The summed E-state index contributed by atoms with van der Waals surface area (Å²) in [7, 11) is -2.24. The minimum atomic E-state index is -3.71. The fraction of sp³-hybridized carbons (Fsp3) is 0.529. The first kappa shape index (κ1) is 19.4. The average Bonchev–Trinajstić information content (AvgIpc) is 3.37. The highest BCUT2D eigenvalue weighted by Crippen LogP contribution is 2.33. The summed E-state index contributed by atoms with van der Waals surface area (Å²) < 4.78 is 26.3. The highest BCUT2D eigenvalue weighted by atomic mass is 32.2. The van der Waals surface area contributed by atoms with Crippen LogP contribution in [0.15, 0.2) is 29.2 Å². The molecule has 0 spiro atoms. The molecule has 1 fully saturated rings. The summed E-state index contributed by atoms with van der Waals surface area (Å²) in [6, 6.07) is 4.46. The molecular formula is C17H24N2O5S. The molecule has 0 aromatic heterocycles. The summed E-state index contributed by atoms with van der Waals surface area (Å²) in [6.07, 6.45) is 2.36. The lowest BCUT2D eigenvalue weighted by Crippen LogP contribution is -2.41. The number of carbonyl (C=O) groups is 2. The number of carboxylic acid groups (broad SMARTS) is 1. The van der Waals surface area contributed by atoms with E-state index in [0.717, 1.165) is 12.8 Å². The predicted octanol–water partition coefficient (Wildman–Crippen LogP) is 1.70. The second-order valence-electron chi connectivity index (χ2n) is 6.69. The van der Waals surface area contributed by atoms with E-state index < -0.39 is 27.9 Å². The summed E-state index contributed by atoms with van der Waals surface area (Å²) in [5.74, 6) is -1.33. The lowest BCUT2D eigenvalue weighted by molar-refractivity contribution is -0.139. The van der Waals surface area contributed by atoms with Crippen LogP contribution < -0.4 is 5.32 Å². The Bertz CT molecular complexity index is 756. The number of nitrogens with one attached hydrogen (secondary N) is 1. The largest absolute Gasteiger partial charge is 0.480 e. The van der Waals surface area contributed by atoms with Gasteiger partial charge >= 0.3 is 5.97 Å². The van der Waals surface area contributed by atoms with Gasteiger partial charge in [0.25, 0.3) is 5.91 Å². The number of carboxylic acids is 1. The van der Waals surface area contributed by atoms with E-state index in [2.05, 4.69) is 5.32 Å². The van der Waals surface area contributed by atoms with E-state index in [-0.39, 0.29) is 16.5 Å². The van der Waals surface area contributed by atoms with Crippen LogP contribution in [0.1, 0.15) is 43.5 Å². The second-order valence-corrected chi connectivity index (χ2v) is 8.68. The van der Waals surface area contributed by atoms with E-state index >= 15 is 0 Å². The first-order valence-corrected chi connectivity index (χ1v) is 9.68. The molecule has 2 rings (SSSR count). The van der Waals surface area contributed by atoms with Crippen LogP contribution in [0.2, 0.25) is 0 Å². The summed E-state index contributed by atoms with van der Waals surface area (Å²) >= 11 is 0. The van der Waals surface area contributed by atoms with Crippen LogP contribution in [0.25, 0.3) is 0 Å². The van der Waals surface area contributed by atoms with E-state index in [0.29, 0.717) is 12.3 Å². The quantitative estimate of drug-likeness (QED) is 0.727. The van der Waals surface area contributed by atoms with Gasteiger partial charge in [-0.25, -0.2) is 13.2 Å². The monoisotopic (exact) mass is 368 g/mol. The Morgan fingerprint density at radius 2 is 1.96 bits per heavy atom. The topological polar surface area (TPSA) is 104 Å². The van der Waals surface area contributed by atoms with Crippen LogP contribution in [-0.4, -0.2) is 48.8 Å². The van der Waals surface area contributed by atoms with Crippen LogP contribution >= 0.6 is 0 Å². The molecule has 1 saturated carbocycles. The first-order valence-electron chi connectivity index (χ1n) is 8.24. The van der Waals surface area contributed by atoms with Crippen molar-refractivity contribution in [2.45, 2.75) is 50.1 Å². The molecule has 8 heteroatoms. The molecule has 7 nitrogen and oxygen atoms in total. The van der Waals surface area contributed by atoms with Gasteiger partial charge in [-0.05, 0) is 44.4 Å². The maximum atomic E-state index is 12.5. The molecule has 0 aliphatic heterocycles. The number of nitrogens with zero attached hydrogens (tertiary/aromatic N) is 1. The molecule has 1 aromatic carbocycles. The molecular weight excluding hydrogens is 344 g/mol. The Morgan fingerprint density at radius 1 is 1.32 bits per heavy atom. The fourth-order valence-corrected chi connectivity index (χ4v) is 3.81. The Morgan fingerprint density at radius 3 is 2.48 bits per heavy atom. The third kappa shape index (κ3) is 4.79. The smallest absolute Gasteiger partial charge is 0.326 e. The molecule has 0 radical (unpaired) electrons. The summed E-state index contributed by atoms with van der Waals surface area (Å²) in [6.45, 7) is 3.51. The zero-order valence-electron chi connectivity index (χ0n) is 14.6. The van der Waals surface area contributed by atoms with E-state index in [9.17, 15) is 23.1 Å². The maximum absolute atomic E-state index is 12.5. The third-order valence-corrected chi connectivity index (χ3v) is 6.40. The Hall–Kier alpha value is -1.93. The zero-order valence-corrected chi connectivity index (χ0v) is 15.4. The van der Waals surface area contributed by atoms with Crippen molar-refractivity contribution in [3.05, 3.63) is 29.8 Å². The van der Waals surface area contributed by atoms with E-state index in [1.54, 1.807) is 13.8 Å². The lowest BCUT2D eigenvalue weighted by atomic mass is 10.1. The van der Waals surface area contributed by atoms with Gasteiger partial charge in [0, 0.05) is 18.7 Å². The second kappa shape index (κ2) is 7.53. The molecule has 2 N–H and O–H groups in total. The molecule has 0 bridgehead atoms. The number of aliphatic carboxylic acids is 1. The van der Waals surface area contributed by atoms with Gasteiger partial charge in [0.1, 0.15) is 6.04 Å². The highest BCUT2D eigenvalue weighted by Gasteiger charge is 2.31. The normalized spacial score (nSPS) is 16.0. The molecule has 0 heterocycles. The Kier molecular flexibility index (Phi) is 5.84. The molecule has 138 valence electrons. The van der Waals surface area contributed by atoms with Gasteiger partial charge in [-0.2, -0.15) is 4.31 Å². The van der Waals surface area contributed by atoms with Crippen LogP contribution in [0.4, 0.5) is 0 Å². The van der Waals surface area contributed by atoms with Gasteiger partial charge in [-0.3, -0.25) is 4.79 Å². The first-order chi connectivity index (χ1) is 11.6. The van der Waals surface area contributed by atoms with Gasteiger partial charge in [0.05, 0.1) is 4.90 Å². The molecule has 1 aliphatic carbocycles. The standard InChI is InChI=1S/C17H24N2O5S/c1-11(2)19(3)25(23,24)14-6-4-5-13(10-14)16(20)18-15(17(21)22)9-12-7-8-12/h4-6,10-12,15H,7-9H2,1-3H3,(H,18,20)(H,21,22). The van der Waals surface area contributed by atoms with Crippen molar-refractivity contribution in [2.75, 3.05) is 7.05 Å². The van der Waals surface area contributed by atoms with Gasteiger partial charge in [-0.15, -0.1) is 0 Å². The van der Waals surface area contributed by atoms with Crippen molar-refractivity contribution < 1.29 is 23.1 Å². The molecule has 1 aliphatic rings.